The lowest BCUT2D eigenvalue weighted by Gasteiger charge is -1.96. The molecule has 0 atom stereocenters. The molecule has 2 aromatic rings. The van der Waals surface area contributed by atoms with Crippen molar-refractivity contribution >= 4 is 26.9 Å². The molecule has 0 aliphatic rings. The van der Waals surface area contributed by atoms with Gasteiger partial charge in [0.1, 0.15) is 0 Å². The molecule has 0 spiro atoms. The van der Waals surface area contributed by atoms with Gasteiger partial charge < -0.3 is 5.11 Å². The maximum Gasteiger partial charge on any atom is 0.415 e. The van der Waals surface area contributed by atoms with Crippen LogP contribution >= 0.6 is 0 Å². The van der Waals surface area contributed by atoms with E-state index >= 15 is 0 Å². The molecular formula is C9H8N2O4S. The second kappa shape index (κ2) is 3.32. The van der Waals surface area contributed by atoms with Crippen LogP contribution in [0.4, 0.5) is 4.79 Å². The number of carboxylic acid groups (broad SMARTS) is 1. The molecule has 0 saturated heterocycles. The van der Waals surface area contributed by atoms with E-state index in [0.29, 0.717) is 10.8 Å². The summed E-state index contributed by atoms with van der Waals surface area (Å²) in [6, 6.07) is 4.18. The molecule has 0 fully saturated rings. The van der Waals surface area contributed by atoms with Gasteiger partial charge in [-0.3, -0.25) is 4.57 Å². The minimum Gasteiger partial charge on any atom is -0.464 e. The first kappa shape index (κ1) is 10.7. The summed E-state index contributed by atoms with van der Waals surface area (Å²) in [7, 11) is -3.76. The molecule has 2 rings (SSSR count). The van der Waals surface area contributed by atoms with Gasteiger partial charge in [0.15, 0.2) is 0 Å². The highest BCUT2D eigenvalue weighted by Gasteiger charge is 2.10. The van der Waals surface area contributed by atoms with Crippen LogP contribution < -0.4 is 5.14 Å². The minimum absolute atomic E-state index is 0.0388. The summed E-state index contributed by atoms with van der Waals surface area (Å²) in [4.78, 5) is 10.6. The molecule has 0 unspecified atom stereocenters. The highest BCUT2D eigenvalue weighted by atomic mass is 32.2. The zero-order valence-electron chi connectivity index (χ0n) is 7.99. The third kappa shape index (κ3) is 1.77. The summed E-state index contributed by atoms with van der Waals surface area (Å²) < 4.78 is 23.1. The van der Waals surface area contributed by atoms with Gasteiger partial charge in [0.25, 0.3) is 0 Å². The van der Waals surface area contributed by atoms with Crippen LogP contribution in [0.3, 0.4) is 0 Å². The molecule has 0 bridgehead atoms. The van der Waals surface area contributed by atoms with Crippen molar-refractivity contribution in [3.63, 3.8) is 0 Å². The smallest absolute Gasteiger partial charge is 0.415 e. The van der Waals surface area contributed by atoms with Crippen molar-refractivity contribution in [2.75, 3.05) is 0 Å². The molecule has 1 aromatic carbocycles. The van der Waals surface area contributed by atoms with Crippen molar-refractivity contribution in [2.45, 2.75) is 4.90 Å². The monoisotopic (exact) mass is 240 g/mol. The number of sulfonamides is 1. The van der Waals surface area contributed by atoms with Crippen molar-refractivity contribution in [1.82, 2.24) is 4.57 Å². The van der Waals surface area contributed by atoms with Crippen LogP contribution in [0.5, 0.6) is 0 Å². The van der Waals surface area contributed by atoms with Crippen LogP contribution in [0.2, 0.25) is 0 Å². The Hall–Kier alpha value is -1.86. The Morgan fingerprint density at radius 3 is 2.44 bits per heavy atom. The lowest BCUT2D eigenvalue weighted by molar-refractivity contribution is 0.196. The standard InChI is InChI=1S/C9H8N2O4S/c10-16(14,15)8-2-1-6-4-11(9(12)13)5-7(6)3-8/h1-5H,(H,12,13)(H2,10,14,15). The van der Waals surface area contributed by atoms with Crippen LogP contribution in [0.15, 0.2) is 35.5 Å². The second-order valence-corrected chi connectivity index (χ2v) is 4.85. The molecule has 1 heterocycles. The van der Waals surface area contributed by atoms with E-state index in [1.165, 1.54) is 30.6 Å². The Bertz CT molecular complexity index is 672. The molecule has 3 N–H and O–H groups in total. The maximum absolute atomic E-state index is 11.1. The number of carbonyl (C=O) groups is 1. The lowest BCUT2D eigenvalue weighted by Crippen LogP contribution is -2.11. The number of benzene rings is 1. The molecule has 0 aliphatic carbocycles. The first-order chi connectivity index (χ1) is 7.38. The number of nitrogens with two attached hydrogens (primary N) is 1. The van der Waals surface area contributed by atoms with Gasteiger partial charge in [-0.15, -0.1) is 0 Å². The average Bonchev–Trinajstić information content (AvgIpc) is 2.58. The number of fused-ring (bicyclic) bond motifs is 1. The van der Waals surface area contributed by atoms with Gasteiger partial charge in [0.2, 0.25) is 10.0 Å². The van der Waals surface area contributed by atoms with Crippen molar-refractivity contribution in [1.29, 1.82) is 0 Å². The van der Waals surface area contributed by atoms with E-state index in [2.05, 4.69) is 0 Å². The summed E-state index contributed by atoms with van der Waals surface area (Å²) in [6.07, 6.45) is 1.59. The summed E-state index contributed by atoms with van der Waals surface area (Å²) >= 11 is 0. The third-order valence-corrected chi connectivity index (χ3v) is 3.08. The fraction of sp³-hybridized carbons (Fsp3) is 0. The molecule has 16 heavy (non-hydrogen) atoms. The van der Waals surface area contributed by atoms with Crippen LogP contribution in [-0.4, -0.2) is 24.2 Å². The molecule has 7 heteroatoms. The predicted molar refractivity (Wildman–Crippen MR) is 56.7 cm³/mol. The van der Waals surface area contributed by atoms with Crippen LogP contribution in [0.1, 0.15) is 0 Å². The number of nitrogens with zero attached hydrogens (tertiary/aromatic N) is 1. The van der Waals surface area contributed by atoms with Crippen LogP contribution in [0.25, 0.3) is 10.8 Å². The average molecular weight is 240 g/mol. The molecule has 0 amide bonds. The SMILES string of the molecule is NS(=O)(=O)c1ccc2cn(C(=O)O)cc2c1. The number of hydrogen-bond donors (Lipinski definition) is 2. The quantitative estimate of drug-likeness (QED) is 0.770. The second-order valence-electron chi connectivity index (χ2n) is 3.28. The molecule has 0 aliphatic heterocycles. The number of primary sulfonamides is 1. The van der Waals surface area contributed by atoms with Gasteiger partial charge in [-0.05, 0) is 12.1 Å². The number of rotatable bonds is 1. The van der Waals surface area contributed by atoms with E-state index < -0.39 is 16.1 Å². The Kier molecular flexibility index (Phi) is 2.21. The summed E-state index contributed by atoms with van der Waals surface area (Å²) in [6.45, 7) is 0. The van der Waals surface area contributed by atoms with Crippen molar-refractivity contribution in [2.24, 2.45) is 5.14 Å². The summed E-state index contributed by atoms with van der Waals surface area (Å²) in [5.41, 5.74) is 0. The van der Waals surface area contributed by atoms with E-state index in [1.54, 1.807) is 0 Å². The van der Waals surface area contributed by atoms with Gasteiger partial charge >= 0.3 is 6.09 Å². The topological polar surface area (TPSA) is 102 Å². The van der Waals surface area contributed by atoms with Crippen molar-refractivity contribution < 1.29 is 18.3 Å². The molecule has 1 aromatic heterocycles. The Morgan fingerprint density at radius 1 is 1.25 bits per heavy atom. The Morgan fingerprint density at radius 2 is 1.88 bits per heavy atom. The van der Waals surface area contributed by atoms with E-state index in [-0.39, 0.29) is 4.90 Å². The Balaban J connectivity index is 2.67. The molecular weight excluding hydrogens is 232 g/mol. The zero-order valence-corrected chi connectivity index (χ0v) is 8.81. The van der Waals surface area contributed by atoms with E-state index in [4.69, 9.17) is 10.2 Å². The van der Waals surface area contributed by atoms with Crippen molar-refractivity contribution in [3.8, 4) is 0 Å². The third-order valence-electron chi connectivity index (χ3n) is 2.16. The highest BCUT2D eigenvalue weighted by molar-refractivity contribution is 7.89. The molecule has 0 saturated carbocycles. The largest absolute Gasteiger partial charge is 0.464 e. The predicted octanol–water partition coefficient (Wildman–Crippen LogP) is 0.815. The normalized spacial score (nSPS) is 11.8. The van der Waals surface area contributed by atoms with Gasteiger partial charge in [0, 0.05) is 23.2 Å². The van der Waals surface area contributed by atoms with Crippen LogP contribution in [0, 0.1) is 0 Å². The van der Waals surface area contributed by atoms with Gasteiger partial charge in [-0.25, -0.2) is 18.4 Å². The summed E-state index contributed by atoms with van der Waals surface area (Å²) in [5, 5.41) is 14.8. The van der Waals surface area contributed by atoms with Gasteiger partial charge in [-0.1, -0.05) is 6.07 Å². The molecule has 84 valence electrons. The van der Waals surface area contributed by atoms with E-state index in [0.717, 1.165) is 4.57 Å². The van der Waals surface area contributed by atoms with Gasteiger partial charge in [-0.2, -0.15) is 0 Å². The van der Waals surface area contributed by atoms with Crippen molar-refractivity contribution in [3.05, 3.63) is 30.6 Å². The van der Waals surface area contributed by atoms with Gasteiger partial charge in [0.05, 0.1) is 4.90 Å². The van der Waals surface area contributed by atoms with E-state index in [1.807, 2.05) is 0 Å². The number of hydrogen-bond acceptors (Lipinski definition) is 3. The first-order valence-electron chi connectivity index (χ1n) is 4.26. The fourth-order valence-electron chi connectivity index (χ4n) is 1.41. The zero-order chi connectivity index (χ0) is 11.9. The maximum atomic E-state index is 11.1. The van der Waals surface area contributed by atoms with Crippen LogP contribution in [-0.2, 0) is 10.0 Å². The van der Waals surface area contributed by atoms with E-state index in [9.17, 15) is 13.2 Å². The summed E-state index contributed by atoms with van der Waals surface area (Å²) in [5.74, 6) is 0. The fourth-order valence-corrected chi connectivity index (χ4v) is 1.96. The minimum atomic E-state index is -3.76. The Labute approximate surface area is 91.0 Å². The highest BCUT2D eigenvalue weighted by Crippen LogP contribution is 2.19. The molecule has 6 nitrogen and oxygen atoms in total. The first-order valence-corrected chi connectivity index (χ1v) is 5.80. The molecule has 0 radical (unpaired) electrons. The lowest BCUT2D eigenvalue weighted by atomic mass is 10.2. The number of aromatic nitrogens is 1.